The lowest BCUT2D eigenvalue weighted by atomic mass is 9.84. The standard InChI is InChI=1S/C25H32FN3O2/c1-3-13-25(14-4-2,16-23(27)30)29-24(31)21-12-11-20(18-7-8-18)22(28-21)15-17-5-9-19(26)10-6-17/h5-6,9-12,18H,3-4,7-8,13-16H2,1-2H3,(H2,27,30)(H,29,31). The summed E-state index contributed by atoms with van der Waals surface area (Å²) >= 11 is 0. The van der Waals surface area contributed by atoms with E-state index in [1.807, 2.05) is 19.9 Å². The van der Waals surface area contributed by atoms with Crippen molar-refractivity contribution in [1.82, 2.24) is 10.3 Å². The summed E-state index contributed by atoms with van der Waals surface area (Å²) in [7, 11) is 0. The number of nitrogens with one attached hydrogen (secondary N) is 1. The van der Waals surface area contributed by atoms with Crippen LogP contribution in [0.3, 0.4) is 0 Å². The van der Waals surface area contributed by atoms with Gasteiger partial charge in [-0.15, -0.1) is 0 Å². The molecule has 1 aliphatic rings. The lowest BCUT2D eigenvalue weighted by Crippen LogP contribution is -2.51. The van der Waals surface area contributed by atoms with E-state index in [-0.39, 0.29) is 18.1 Å². The van der Waals surface area contributed by atoms with Gasteiger partial charge < -0.3 is 11.1 Å². The summed E-state index contributed by atoms with van der Waals surface area (Å²) in [6.45, 7) is 4.06. The summed E-state index contributed by atoms with van der Waals surface area (Å²) in [5.74, 6) is -0.499. The molecule has 0 radical (unpaired) electrons. The number of benzene rings is 1. The lowest BCUT2D eigenvalue weighted by molar-refractivity contribution is -0.119. The highest BCUT2D eigenvalue weighted by molar-refractivity contribution is 5.93. The molecule has 166 valence electrons. The van der Waals surface area contributed by atoms with Gasteiger partial charge in [-0.05, 0) is 60.9 Å². The molecule has 0 unspecified atom stereocenters. The predicted molar refractivity (Wildman–Crippen MR) is 119 cm³/mol. The third-order valence-electron chi connectivity index (χ3n) is 5.89. The molecule has 2 amide bonds. The molecule has 1 heterocycles. The van der Waals surface area contributed by atoms with Gasteiger partial charge in [0.15, 0.2) is 0 Å². The maximum atomic E-state index is 13.3. The molecule has 1 aromatic carbocycles. The second-order valence-electron chi connectivity index (χ2n) is 8.69. The van der Waals surface area contributed by atoms with Gasteiger partial charge >= 0.3 is 0 Å². The first-order valence-corrected chi connectivity index (χ1v) is 11.2. The number of aromatic nitrogens is 1. The monoisotopic (exact) mass is 425 g/mol. The van der Waals surface area contributed by atoms with Crippen molar-refractivity contribution in [1.29, 1.82) is 0 Å². The molecule has 5 nitrogen and oxygen atoms in total. The van der Waals surface area contributed by atoms with E-state index in [0.717, 1.165) is 42.5 Å². The van der Waals surface area contributed by atoms with Crippen LogP contribution in [0, 0.1) is 5.82 Å². The molecule has 2 aromatic rings. The fraction of sp³-hybridized carbons (Fsp3) is 0.480. The Hall–Kier alpha value is -2.76. The van der Waals surface area contributed by atoms with Crippen LogP contribution in [-0.4, -0.2) is 22.3 Å². The van der Waals surface area contributed by atoms with Crippen molar-refractivity contribution in [2.45, 2.75) is 76.7 Å². The minimum Gasteiger partial charge on any atom is -0.370 e. The number of amides is 2. The number of nitrogens with two attached hydrogens (primary N) is 1. The summed E-state index contributed by atoms with van der Waals surface area (Å²) < 4.78 is 13.3. The zero-order valence-corrected chi connectivity index (χ0v) is 18.4. The fourth-order valence-corrected chi connectivity index (χ4v) is 4.41. The van der Waals surface area contributed by atoms with E-state index in [2.05, 4.69) is 5.32 Å². The van der Waals surface area contributed by atoms with Crippen LogP contribution in [0.4, 0.5) is 4.39 Å². The Morgan fingerprint density at radius 2 is 1.74 bits per heavy atom. The largest absolute Gasteiger partial charge is 0.370 e. The Morgan fingerprint density at radius 1 is 1.10 bits per heavy atom. The van der Waals surface area contributed by atoms with Crippen LogP contribution >= 0.6 is 0 Å². The minimum absolute atomic E-state index is 0.114. The van der Waals surface area contributed by atoms with Crippen LogP contribution in [0.25, 0.3) is 0 Å². The zero-order chi connectivity index (χ0) is 22.4. The number of halogens is 1. The van der Waals surface area contributed by atoms with Gasteiger partial charge in [-0.1, -0.05) is 44.9 Å². The van der Waals surface area contributed by atoms with Gasteiger partial charge in [0.1, 0.15) is 11.5 Å². The van der Waals surface area contributed by atoms with Crippen molar-refractivity contribution in [3.05, 3.63) is 64.7 Å². The first-order chi connectivity index (χ1) is 14.9. The van der Waals surface area contributed by atoms with Gasteiger partial charge in [0.25, 0.3) is 5.91 Å². The number of carbonyl (C=O) groups excluding carboxylic acids is 2. The number of hydrogen-bond donors (Lipinski definition) is 2. The van der Waals surface area contributed by atoms with Crippen LogP contribution in [0.5, 0.6) is 0 Å². The second-order valence-corrected chi connectivity index (χ2v) is 8.69. The number of rotatable bonds is 11. The average molecular weight is 426 g/mol. The highest BCUT2D eigenvalue weighted by atomic mass is 19.1. The normalized spacial score (nSPS) is 13.8. The second kappa shape index (κ2) is 10.0. The molecule has 3 N–H and O–H groups in total. The van der Waals surface area contributed by atoms with Crippen molar-refractivity contribution in [2.24, 2.45) is 5.73 Å². The molecule has 0 aliphatic heterocycles. The molecule has 0 saturated heterocycles. The van der Waals surface area contributed by atoms with E-state index in [1.165, 1.54) is 12.1 Å². The molecule has 0 bridgehead atoms. The maximum absolute atomic E-state index is 13.3. The predicted octanol–water partition coefficient (Wildman–Crippen LogP) is 4.63. The molecule has 1 fully saturated rings. The van der Waals surface area contributed by atoms with Crippen LogP contribution in [0.1, 0.15) is 92.0 Å². The number of carbonyl (C=O) groups is 2. The van der Waals surface area contributed by atoms with Crippen LogP contribution in [0.2, 0.25) is 0 Å². The van der Waals surface area contributed by atoms with E-state index in [9.17, 15) is 14.0 Å². The summed E-state index contributed by atoms with van der Waals surface area (Å²) in [5, 5.41) is 3.09. The number of hydrogen-bond acceptors (Lipinski definition) is 3. The first kappa shape index (κ1) is 22.9. The number of pyridine rings is 1. The molecule has 0 atom stereocenters. The number of primary amides is 1. The van der Waals surface area contributed by atoms with E-state index in [4.69, 9.17) is 10.7 Å². The molecular weight excluding hydrogens is 393 g/mol. The molecule has 1 aromatic heterocycles. The van der Waals surface area contributed by atoms with Crippen molar-refractivity contribution in [3.8, 4) is 0 Å². The van der Waals surface area contributed by atoms with E-state index in [0.29, 0.717) is 30.9 Å². The highest BCUT2D eigenvalue weighted by Crippen LogP contribution is 2.41. The fourth-order valence-electron chi connectivity index (χ4n) is 4.41. The molecular formula is C25H32FN3O2. The van der Waals surface area contributed by atoms with Crippen LogP contribution in [0.15, 0.2) is 36.4 Å². The van der Waals surface area contributed by atoms with Gasteiger partial charge in [0, 0.05) is 24.1 Å². The number of nitrogens with zero attached hydrogens (tertiary/aromatic N) is 1. The van der Waals surface area contributed by atoms with Gasteiger partial charge in [-0.25, -0.2) is 9.37 Å². The van der Waals surface area contributed by atoms with Crippen molar-refractivity contribution < 1.29 is 14.0 Å². The van der Waals surface area contributed by atoms with Crippen LogP contribution in [-0.2, 0) is 11.2 Å². The average Bonchev–Trinajstić information content (AvgIpc) is 3.54. The topological polar surface area (TPSA) is 85.1 Å². The third-order valence-corrected chi connectivity index (χ3v) is 5.89. The van der Waals surface area contributed by atoms with Gasteiger partial charge in [-0.3, -0.25) is 9.59 Å². The van der Waals surface area contributed by atoms with Crippen molar-refractivity contribution in [3.63, 3.8) is 0 Å². The van der Waals surface area contributed by atoms with Crippen LogP contribution < -0.4 is 11.1 Å². The van der Waals surface area contributed by atoms with Gasteiger partial charge in [0.2, 0.25) is 5.91 Å². The molecule has 0 spiro atoms. The molecule has 6 heteroatoms. The van der Waals surface area contributed by atoms with Crippen molar-refractivity contribution >= 4 is 11.8 Å². The Kier molecular flexibility index (Phi) is 7.42. The Morgan fingerprint density at radius 3 is 2.29 bits per heavy atom. The SMILES string of the molecule is CCCC(CCC)(CC(N)=O)NC(=O)c1ccc(C2CC2)c(Cc2ccc(F)cc2)n1. The Labute approximate surface area is 183 Å². The highest BCUT2D eigenvalue weighted by Gasteiger charge is 2.33. The van der Waals surface area contributed by atoms with Crippen molar-refractivity contribution in [2.75, 3.05) is 0 Å². The lowest BCUT2D eigenvalue weighted by Gasteiger charge is -2.33. The maximum Gasteiger partial charge on any atom is 0.270 e. The summed E-state index contributed by atoms with van der Waals surface area (Å²) in [5.41, 5.74) is 8.15. The molecule has 1 aliphatic carbocycles. The summed E-state index contributed by atoms with van der Waals surface area (Å²) in [6, 6.07) is 10.1. The Balaban J connectivity index is 1.87. The summed E-state index contributed by atoms with van der Waals surface area (Å²) in [6.07, 6.45) is 5.92. The molecule has 31 heavy (non-hydrogen) atoms. The third kappa shape index (κ3) is 6.12. The smallest absolute Gasteiger partial charge is 0.270 e. The van der Waals surface area contributed by atoms with E-state index >= 15 is 0 Å². The quantitative estimate of drug-likeness (QED) is 0.550. The van der Waals surface area contributed by atoms with E-state index < -0.39 is 11.4 Å². The van der Waals surface area contributed by atoms with Gasteiger partial charge in [-0.2, -0.15) is 0 Å². The van der Waals surface area contributed by atoms with Gasteiger partial charge in [0.05, 0.1) is 0 Å². The minimum atomic E-state index is -0.652. The first-order valence-electron chi connectivity index (χ1n) is 11.2. The molecule has 1 saturated carbocycles. The molecule has 3 rings (SSSR count). The Bertz CT molecular complexity index is 917. The van der Waals surface area contributed by atoms with E-state index in [1.54, 1.807) is 18.2 Å². The zero-order valence-electron chi connectivity index (χ0n) is 18.4. The summed E-state index contributed by atoms with van der Waals surface area (Å²) in [4.78, 5) is 29.6.